The molecule has 9 nitrogen and oxygen atoms in total. The van der Waals surface area contributed by atoms with Crippen molar-refractivity contribution in [2.75, 3.05) is 6.61 Å². The predicted molar refractivity (Wildman–Crippen MR) is 99.0 cm³/mol. The monoisotopic (exact) mass is 385 g/mol. The summed E-state index contributed by atoms with van der Waals surface area (Å²) in [7, 11) is 0. The Hall–Kier alpha value is -2.91. The number of amides is 2. The Bertz CT molecular complexity index is 774. The maximum atomic E-state index is 12.3. The number of aromatic nitrogens is 3. The molecule has 0 saturated carbocycles. The number of rotatable bonds is 7. The summed E-state index contributed by atoms with van der Waals surface area (Å²) in [5, 5.41) is 15.3. The minimum atomic E-state index is -0.561. The van der Waals surface area contributed by atoms with E-state index in [4.69, 9.17) is 4.74 Å². The first-order valence-electron chi connectivity index (χ1n) is 9.14. The van der Waals surface area contributed by atoms with Crippen molar-refractivity contribution in [3.05, 3.63) is 54.4 Å². The first-order chi connectivity index (χ1) is 13.7. The molecule has 3 atom stereocenters. The van der Waals surface area contributed by atoms with Crippen LogP contribution in [0.25, 0.3) is 0 Å². The van der Waals surface area contributed by atoms with Gasteiger partial charge >= 0.3 is 0 Å². The van der Waals surface area contributed by atoms with Gasteiger partial charge in [0.2, 0.25) is 5.91 Å². The zero-order chi connectivity index (χ0) is 19.8. The van der Waals surface area contributed by atoms with Gasteiger partial charge in [0, 0.05) is 18.6 Å². The van der Waals surface area contributed by atoms with E-state index in [1.165, 1.54) is 12.5 Å². The second-order valence-electron chi connectivity index (χ2n) is 6.56. The smallest absolute Gasteiger partial charge is 0.253 e. The van der Waals surface area contributed by atoms with Crippen LogP contribution >= 0.6 is 0 Å². The van der Waals surface area contributed by atoms with E-state index in [1.807, 2.05) is 0 Å². The van der Waals surface area contributed by atoms with Crippen LogP contribution in [-0.2, 0) is 16.1 Å². The lowest BCUT2D eigenvalue weighted by Crippen LogP contribution is -2.51. The van der Waals surface area contributed by atoms with Crippen LogP contribution in [0.3, 0.4) is 0 Å². The third kappa shape index (κ3) is 5.54. The fourth-order valence-corrected chi connectivity index (χ4v) is 3.09. The van der Waals surface area contributed by atoms with Gasteiger partial charge in [0.25, 0.3) is 5.91 Å². The van der Waals surface area contributed by atoms with Crippen LogP contribution in [0.5, 0.6) is 0 Å². The molecule has 2 aromatic heterocycles. The van der Waals surface area contributed by atoms with Gasteiger partial charge in [-0.25, -0.2) is 9.97 Å². The molecule has 2 amide bonds. The summed E-state index contributed by atoms with van der Waals surface area (Å²) in [6, 6.07) is 4.77. The van der Waals surface area contributed by atoms with E-state index in [2.05, 4.69) is 25.6 Å². The lowest BCUT2D eigenvalue weighted by Gasteiger charge is -2.36. The zero-order valence-corrected chi connectivity index (χ0v) is 15.3. The summed E-state index contributed by atoms with van der Waals surface area (Å²) in [6.45, 7) is 0.0817. The van der Waals surface area contributed by atoms with Gasteiger partial charge in [0.05, 0.1) is 43.0 Å². The van der Waals surface area contributed by atoms with E-state index in [0.29, 0.717) is 24.9 Å². The van der Waals surface area contributed by atoms with Gasteiger partial charge in [0.15, 0.2) is 0 Å². The number of hydrogen-bond donors (Lipinski definition) is 3. The molecule has 1 fully saturated rings. The molecule has 0 radical (unpaired) electrons. The van der Waals surface area contributed by atoms with Crippen LogP contribution in [0.2, 0.25) is 0 Å². The average molecular weight is 385 g/mol. The van der Waals surface area contributed by atoms with Crippen LogP contribution in [0.1, 0.15) is 35.3 Å². The van der Waals surface area contributed by atoms with Crippen molar-refractivity contribution in [1.82, 2.24) is 25.6 Å². The number of nitrogens with one attached hydrogen (secondary N) is 2. The molecule has 3 heterocycles. The summed E-state index contributed by atoms with van der Waals surface area (Å²) in [4.78, 5) is 36.2. The molecule has 1 saturated heterocycles. The molecule has 0 aromatic carbocycles. The van der Waals surface area contributed by atoms with Crippen LogP contribution in [0.15, 0.2) is 43.1 Å². The average Bonchev–Trinajstić information content (AvgIpc) is 2.74. The minimum absolute atomic E-state index is 0.154. The summed E-state index contributed by atoms with van der Waals surface area (Å²) in [5.74, 6) is -0.417. The lowest BCUT2D eigenvalue weighted by molar-refractivity contribution is -0.131. The quantitative estimate of drug-likeness (QED) is 0.622. The van der Waals surface area contributed by atoms with Crippen LogP contribution < -0.4 is 10.6 Å². The Morgan fingerprint density at radius 2 is 2.11 bits per heavy atom. The Morgan fingerprint density at radius 3 is 2.82 bits per heavy atom. The van der Waals surface area contributed by atoms with Gasteiger partial charge in [-0.1, -0.05) is 0 Å². The molecule has 0 unspecified atom stereocenters. The van der Waals surface area contributed by atoms with E-state index in [1.54, 1.807) is 30.6 Å². The number of hydrogen-bond acceptors (Lipinski definition) is 7. The van der Waals surface area contributed by atoms with E-state index in [0.717, 1.165) is 5.69 Å². The summed E-state index contributed by atoms with van der Waals surface area (Å²) in [6.07, 6.45) is 6.65. The van der Waals surface area contributed by atoms with Gasteiger partial charge in [-0.15, -0.1) is 0 Å². The van der Waals surface area contributed by atoms with E-state index in [9.17, 15) is 14.7 Å². The number of ether oxygens (including phenoxy) is 1. The molecular weight excluding hydrogens is 362 g/mol. The fraction of sp³-hybridized carbons (Fsp3) is 0.421. The number of pyridine rings is 1. The number of aliphatic hydroxyl groups is 1. The third-order valence-electron chi connectivity index (χ3n) is 4.56. The molecule has 0 spiro atoms. The summed E-state index contributed by atoms with van der Waals surface area (Å²) >= 11 is 0. The zero-order valence-electron chi connectivity index (χ0n) is 15.3. The highest BCUT2D eigenvalue weighted by molar-refractivity contribution is 5.94. The highest BCUT2D eigenvalue weighted by Gasteiger charge is 2.33. The highest BCUT2D eigenvalue weighted by atomic mass is 16.5. The molecule has 148 valence electrons. The largest absolute Gasteiger partial charge is 0.394 e. The maximum absolute atomic E-state index is 12.3. The standard InChI is InChI=1S/C19H23N5O4/c25-11-17-16(24-19(27)13-2-1-6-20-9-13)4-3-15(28-17)8-18(26)22-10-14-5-7-21-12-23-14/h1-2,5-7,9,12,15-17,25H,3-4,8,10-11H2,(H,22,26)(H,24,27)/t15-,16+,17+/m1/s1. The van der Waals surface area contributed by atoms with Crippen molar-refractivity contribution in [3.8, 4) is 0 Å². The van der Waals surface area contributed by atoms with Crippen molar-refractivity contribution in [2.45, 2.75) is 44.1 Å². The lowest BCUT2D eigenvalue weighted by atomic mass is 9.96. The molecule has 3 N–H and O–H groups in total. The van der Waals surface area contributed by atoms with Crippen LogP contribution in [0.4, 0.5) is 0 Å². The molecule has 1 aliphatic rings. The Labute approximate surface area is 162 Å². The molecule has 2 aromatic rings. The highest BCUT2D eigenvalue weighted by Crippen LogP contribution is 2.22. The number of nitrogens with zero attached hydrogens (tertiary/aromatic N) is 3. The van der Waals surface area contributed by atoms with Crippen molar-refractivity contribution < 1.29 is 19.4 Å². The summed E-state index contributed by atoms with van der Waals surface area (Å²) < 4.78 is 5.84. The number of aliphatic hydroxyl groups excluding tert-OH is 1. The first kappa shape index (κ1) is 19.8. The molecule has 0 aliphatic carbocycles. The Balaban J connectivity index is 1.47. The molecule has 1 aliphatic heterocycles. The third-order valence-corrected chi connectivity index (χ3v) is 4.56. The van der Waals surface area contributed by atoms with E-state index >= 15 is 0 Å². The van der Waals surface area contributed by atoms with E-state index < -0.39 is 6.10 Å². The van der Waals surface area contributed by atoms with Gasteiger partial charge in [-0.3, -0.25) is 14.6 Å². The number of carbonyl (C=O) groups excluding carboxylic acids is 2. The molecule has 0 bridgehead atoms. The van der Waals surface area contributed by atoms with Crippen LogP contribution in [0, 0.1) is 0 Å². The van der Waals surface area contributed by atoms with Crippen molar-refractivity contribution >= 4 is 11.8 Å². The topological polar surface area (TPSA) is 126 Å². The van der Waals surface area contributed by atoms with Crippen LogP contribution in [-0.4, -0.2) is 56.7 Å². The second-order valence-corrected chi connectivity index (χ2v) is 6.56. The summed E-state index contributed by atoms with van der Waals surface area (Å²) in [5.41, 5.74) is 1.17. The van der Waals surface area contributed by atoms with Gasteiger partial charge in [0.1, 0.15) is 12.4 Å². The second kappa shape index (κ2) is 9.86. The molecule has 28 heavy (non-hydrogen) atoms. The first-order valence-corrected chi connectivity index (χ1v) is 9.14. The Morgan fingerprint density at radius 1 is 1.21 bits per heavy atom. The maximum Gasteiger partial charge on any atom is 0.253 e. The molecule has 9 heteroatoms. The number of carbonyl (C=O) groups is 2. The molecule has 3 rings (SSSR count). The van der Waals surface area contributed by atoms with Crippen molar-refractivity contribution in [2.24, 2.45) is 0 Å². The Kier molecular flexibility index (Phi) is 6.99. The SMILES string of the molecule is O=C(C[C@H]1CC[C@H](NC(=O)c2cccnc2)[C@H](CO)O1)NCc1ccncn1. The van der Waals surface area contributed by atoms with Crippen molar-refractivity contribution in [3.63, 3.8) is 0 Å². The normalized spacial score (nSPS) is 21.7. The van der Waals surface area contributed by atoms with Gasteiger partial charge in [-0.2, -0.15) is 0 Å². The van der Waals surface area contributed by atoms with Crippen molar-refractivity contribution in [1.29, 1.82) is 0 Å². The molecular formula is C19H23N5O4. The minimum Gasteiger partial charge on any atom is -0.394 e. The fourth-order valence-electron chi connectivity index (χ4n) is 3.09. The van der Waals surface area contributed by atoms with Gasteiger partial charge in [-0.05, 0) is 31.0 Å². The van der Waals surface area contributed by atoms with E-state index in [-0.39, 0.29) is 37.0 Å². The van der Waals surface area contributed by atoms with Gasteiger partial charge < -0.3 is 20.5 Å². The predicted octanol–water partition coefficient (Wildman–Crippen LogP) is 0.216.